The monoisotopic (exact) mass is 528 g/mol. The Hall–Kier alpha value is -4.48. The quantitative estimate of drug-likeness (QED) is 0.341. The van der Waals surface area contributed by atoms with E-state index < -0.39 is 21.1 Å². The van der Waals surface area contributed by atoms with E-state index in [1.54, 1.807) is 38.4 Å². The molecule has 10 nitrogen and oxygen atoms in total. The summed E-state index contributed by atoms with van der Waals surface area (Å²) in [6.45, 7) is 2.01. The summed E-state index contributed by atoms with van der Waals surface area (Å²) in [4.78, 5) is 33.7. The lowest BCUT2D eigenvalue weighted by Crippen LogP contribution is -2.39. The van der Waals surface area contributed by atoms with Crippen LogP contribution in [-0.4, -0.2) is 39.1 Å². The molecule has 0 spiro atoms. The van der Waals surface area contributed by atoms with Crippen molar-refractivity contribution in [1.82, 2.24) is 28.4 Å². The van der Waals surface area contributed by atoms with Crippen LogP contribution in [0.3, 0.4) is 0 Å². The summed E-state index contributed by atoms with van der Waals surface area (Å²) in [5.41, 5.74) is 4.29. The van der Waals surface area contributed by atoms with Gasteiger partial charge in [-0.1, -0.05) is 18.2 Å². The Bertz CT molecular complexity index is 2170. The first-order valence-corrected chi connectivity index (χ1v) is 13.3. The molecule has 0 atom stereocenters. The van der Waals surface area contributed by atoms with Crippen molar-refractivity contribution in [1.29, 1.82) is 0 Å². The van der Waals surface area contributed by atoms with Gasteiger partial charge in [0.15, 0.2) is 0 Å². The maximum Gasteiger partial charge on any atom is 0.316 e. The number of aryl methyl sites for hydroxylation is 3. The van der Waals surface area contributed by atoms with Crippen LogP contribution in [0.4, 0.5) is 0 Å². The lowest BCUT2D eigenvalue weighted by atomic mass is 10.1. The van der Waals surface area contributed by atoms with Crippen molar-refractivity contribution in [3.05, 3.63) is 87.1 Å². The minimum absolute atomic E-state index is 0.0799. The summed E-state index contributed by atoms with van der Waals surface area (Å²) < 4.78 is 32.3. The highest BCUT2D eigenvalue weighted by Crippen LogP contribution is 2.36. The highest BCUT2D eigenvalue weighted by molar-refractivity contribution is 7.89. The van der Waals surface area contributed by atoms with Crippen LogP contribution in [0.5, 0.6) is 0 Å². The molecule has 2 N–H and O–H groups in total. The number of fused-ring (bicyclic) bond motifs is 3. The summed E-state index contributed by atoms with van der Waals surface area (Å²) in [6, 6.07) is 16.2. The number of aromatic amines is 1. The Labute approximate surface area is 216 Å². The Morgan fingerprint density at radius 1 is 0.921 bits per heavy atom. The second-order valence-corrected chi connectivity index (χ2v) is 11.1. The fraction of sp³-hybridized carbons (Fsp3) is 0.148. The molecule has 6 aromatic rings. The molecular formula is C27H24N6O4S. The fourth-order valence-electron chi connectivity index (χ4n) is 5.00. The van der Waals surface area contributed by atoms with E-state index in [2.05, 4.69) is 9.71 Å². The number of imidazole rings is 1. The van der Waals surface area contributed by atoms with Gasteiger partial charge in [0.1, 0.15) is 5.82 Å². The Morgan fingerprint density at radius 3 is 2.45 bits per heavy atom. The second kappa shape index (κ2) is 8.27. The minimum atomic E-state index is -3.74. The highest BCUT2D eigenvalue weighted by Gasteiger charge is 2.23. The average molecular weight is 529 g/mol. The molecule has 0 aliphatic heterocycles. The van der Waals surface area contributed by atoms with Gasteiger partial charge in [0, 0.05) is 36.8 Å². The highest BCUT2D eigenvalue weighted by atomic mass is 32.2. The van der Waals surface area contributed by atoms with Crippen molar-refractivity contribution in [3.63, 3.8) is 0 Å². The predicted molar refractivity (Wildman–Crippen MR) is 147 cm³/mol. The molecule has 6 rings (SSSR count). The molecule has 3 aromatic carbocycles. The summed E-state index contributed by atoms with van der Waals surface area (Å²) in [5.74, 6) is 0.558. The van der Waals surface area contributed by atoms with Gasteiger partial charge in [0.05, 0.1) is 32.6 Å². The van der Waals surface area contributed by atoms with Crippen LogP contribution >= 0.6 is 0 Å². The number of nitrogens with zero attached hydrogens (tertiary/aromatic N) is 4. The van der Waals surface area contributed by atoms with E-state index in [9.17, 15) is 18.0 Å². The standard InChI is InChI=1S/C27H24N6O4S/c1-15-8-10-17-18(14-29-20(17)12-15)25-30-19-11-9-16(38(36,37)28-2)13-23(19)33(25)22-7-5-6-21-24(22)32(4)27(35)26(34)31(21)3/h5-14,28-29H,1-4H3. The normalized spacial score (nSPS) is 12.2. The van der Waals surface area contributed by atoms with Gasteiger partial charge in [0.25, 0.3) is 0 Å². The summed E-state index contributed by atoms with van der Waals surface area (Å²) in [7, 11) is 0.731. The topological polar surface area (TPSA) is 124 Å². The van der Waals surface area contributed by atoms with Gasteiger partial charge >= 0.3 is 11.1 Å². The minimum Gasteiger partial charge on any atom is -0.360 e. The maximum atomic E-state index is 12.8. The van der Waals surface area contributed by atoms with Gasteiger partial charge < -0.3 is 14.1 Å². The van der Waals surface area contributed by atoms with Crippen molar-refractivity contribution in [3.8, 4) is 17.1 Å². The van der Waals surface area contributed by atoms with Crippen molar-refractivity contribution in [2.24, 2.45) is 14.1 Å². The molecule has 0 unspecified atom stereocenters. The van der Waals surface area contributed by atoms with E-state index >= 15 is 0 Å². The lowest BCUT2D eigenvalue weighted by molar-refractivity contribution is 0.588. The van der Waals surface area contributed by atoms with Crippen molar-refractivity contribution >= 4 is 43.0 Å². The molecule has 38 heavy (non-hydrogen) atoms. The molecule has 0 bridgehead atoms. The third-order valence-electron chi connectivity index (χ3n) is 7.01. The number of aromatic nitrogens is 5. The zero-order chi connectivity index (χ0) is 26.9. The molecule has 192 valence electrons. The molecule has 0 radical (unpaired) electrons. The van der Waals surface area contributed by atoms with Gasteiger partial charge in [-0.2, -0.15) is 0 Å². The molecule has 0 fully saturated rings. The Kier molecular flexibility index (Phi) is 5.20. The van der Waals surface area contributed by atoms with Crippen molar-refractivity contribution < 1.29 is 8.42 Å². The molecule has 3 aromatic heterocycles. The van der Waals surface area contributed by atoms with Crippen LogP contribution in [0.1, 0.15) is 5.56 Å². The van der Waals surface area contributed by atoms with Gasteiger partial charge in [-0.05, 0) is 55.9 Å². The third-order valence-corrected chi connectivity index (χ3v) is 8.42. The Morgan fingerprint density at radius 2 is 1.68 bits per heavy atom. The smallest absolute Gasteiger partial charge is 0.316 e. The number of hydrogen-bond acceptors (Lipinski definition) is 5. The number of para-hydroxylation sites is 1. The lowest BCUT2D eigenvalue weighted by Gasteiger charge is -2.16. The number of nitrogens with one attached hydrogen (secondary N) is 2. The van der Waals surface area contributed by atoms with Crippen LogP contribution < -0.4 is 15.8 Å². The first-order valence-electron chi connectivity index (χ1n) is 11.9. The maximum absolute atomic E-state index is 12.8. The first-order chi connectivity index (χ1) is 18.1. The number of hydrogen-bond donors (Lipinski definition) is 2. The van der Waals surface area contributed by atoms with Crippen molar-refractivity contribution in [2.45, 2.75) is 11.8 Å². The average Bonchev–Trinajstić information content (AvgIpc) is 3.50. The van der Waals surface area contributed by atoms with Crippen LogP contribution in [0.2, 0.25) is 0 Å². The van der Waals surface area contributed by atoms with Crippen LogP contribution in [0.25, 0.3) is 50.0 Å². The van der Waals surface area contributed by atoms with E-state index in [4.69, 9.17) is 4.98 Å². The molecule has 11 heteroatoms. The molecule has 0 amide bonds. The number of sulfonamides is 1. The molecule has 0 aliphatic rings. The SMILES string of the molecule is CNS(=O)(=O)c1ccc2nc(-c3c[nH]c4cc(C)ccc34)n(-c3cccc4c3n(C)c(=O)c(=O)n4C)c2c1. The molecular weight excluding hydrogens is 504 g/mol. The largest absolute Gasteiger partial charge is 0.360 e. The van der Waals surface area contributed by atoms with Crippen molar-refractivity contribution in [2.75, 3.05) is 7.05 Å². The van der Waals surface area contributed by atoms with E-state index in [1.165, 1.54) is 22.2 Å². The van der Waals surface area contributed by atoms with Crippen LogP contribution in [0, 0.1) is 6.92 Å². The Balaban J connectivity index is 1.81. The van der Waals surface area contributed by atoms with Gasteiger partial charge in [-0.25, -0.2) is 18.1 Å². The first kappa shape index (κ1) is 23.9. The van der Waals surface area contributed by atoms with Crippen LogP contribution in [-0.2, 0) is 24.1 Å². The van der Waals surface area contributed by atoms with E-state index in [1.807, 2.05) is 42.0 Å². The third kappa shape index (κ3) is 3.36. The number of H-pyrrole nitrogens is 1. The van der Waals surface area contributed by atoms with Gasteiger partial charge in [0.2, 0.25) is 10.0 Å². The van der Waals surface area contributed by atoms with E-state index in [0.29, 0.717) is 33.6 Å². The molecule has 0 saturated heterocycles. The summed E-state index contributed by atoms with van der Waals surface area (Å²) >= 11 is 0. The van der Waals surface area contributed by atoms with Gasteiger partial charge in [-0.3, -0.25) is 14.2 Å². The summed E-state index contributed by atoms with van der Waals surface area (Å²) in [6.07, 6.45) is 1.87. The molecule has 3 heterocycles. The van der Waals surface area contributed by atoms with Crippen LogP contribution in [0.15, 0.2) is 75.3 Å². The van der Waals surface area contributed by atoms with E-state index in [0.717, 1.165) is 22.0 Å². The van der Waals surface area contributed by atoms with Gasteiger partial charge in [-0.15, -0.1) is 0 Å². The van der Waals surface area contributed by atoms with E-state index in [-0.39, 0.29) is 4.90 Å². The molecule has 0 saturated carbocycles. The zero-order valence-corrected chi connectivity index (χ0v) is 21.9. The zero-order valence-electron chi connectivity index (χ0n) is 21.1. The fourth-order valence-corrected chi connectivity index (χ4v) is 5.75. The number of rotatable bonds is 4. The molecule has 0 aliphatic carbocycles. The number of benzene rings is 3. The predicted octanol–water partition coefficient (Wildman–Crippen LogP) is 2.94. The second-order valence-electron chi connectivity index (χ2n) is 9.25. The summed E-state index contributed by atoms with van der Waals surface area (Å²) in [5, 5.41) is 0.941.